The molecule has 1 heterocycles. The summed E-state index contributed by atoms with van der Waals surface area (Å²) in [7, 11) is 0. The van der Waals surface area contributed by atoms with E-state index in [1.54, 1.807) is 12.1 Å². The van der Waals surface area contributed by atoms with Gasteiger partial charge in [0.1, 0.15) is 5.75 Å². The maximum absolute atomic E-state index is 11.6. The van der Waals surface area contributed by atoms with Crippen LogP contribution in [0.15, 0.2) is 18.3 Å². The molecule has 21 heavy (non-hydrogen) atoms. The van der Waals surface area contributed by atoms with Gasteiger partial charge in [-0.3, -0.25) is 4.79 Å². The molecule has 0 bridgehead atoms. The molecule has 2 aromatic rings. The van der Waals surface area contributed by atoms with E-state index < -0.39 is 0 Å². The van der Waals surface area contributed by atoms with Crippen molar-refractivity contribution >= 4 is 22.5 Å². The van der Waals surface area contributed by atoms with Crippen molar-refractivity contribution in [2.75, 3.05) is 12.3 Å². The zero-order chi connectivity index (χ0) is 15.2. The molecule has 0 fully saturated rings. The number of anilines is 1. The van der Waals surface area contributed by atoms with E-state index in [4.69, 9.17) is 5.73 Å². The molecule has 5 nitrogen and oxygen atoms in total. The number of hydrogen-bond donors (Lipinski definition) is 4. The Morgan fingerprint density at radius 3 is 2.95 bits per heavy atom. The number of carbonyl (C=O) groups excluding carboxylic acids is 1. The van der Waals surface area contributed by atoms with Crippen LogP contribution in [0.2, 0.25) is 0 Å². The maximum atomic E-state index is 11.6. The first-order valence-corrected chi connectivity index (χ1v) is 7.47. The normalized spacial score (nSPS) is 10.9. The third-order valence-corrected chi connectivity index (χ3v) is 3.67. The number of benzene rings is 1. The van der Waals surface area contributed by atoms with Crippen LogP contribution in [0.3, 0.4) is 0 Å². The summed E-state index contributed by atoms with van der Waals surface area (Å²) in [6.45, 7) is 2.70. The Morgan fingerprint density at radius 1 is 1.38 bits per heavy atom. The number of H-pyrrole nitrogens is 1. The molecule has 0 unspecified atom stereocenters. The van der Waals surface area contributed by atoms with Crippen LogP contribution in [0.25, 0.3) is 10.9 Å². The Kier molecular flexibility index (Phi) is 5.09. The molecule has 1 aromatic carbocycles. The number of aromatic amines is 1. The van der Waals surface area contributed by atoms with Gasteiger partial charge in [0.05, 0.1) is 5.69 Å². The molecule has 0 radical (unpaired) electrons. The molecule has 1 aromatic heterocycles. The molecule has 1 amide bonds. The molecule has 0 saturated heterocycles. The zero-order valence-electron chi connectivity index (χ0n) is 12.4. The van der Waals surface area contributed by atoms with E-state index in [2.05, 4.69) is 17.2 Å². The molecule has 5 N–H and O–H groups in total. The van der Waals surface area contributed by atoms with Gasteiger partial charge in [0.2, 0.25) is 5.91 Å². The van der Waals surface area contributed by atoms with Crippen LogP contribution >= 0.6 is 0 Å². The van der Waals surface area contributed by atoms with Gasteiger partial charge in [0.25, 0.3) is 0 Å². The second-order valence-electron chi connectivity index (χ2n) is 5.29. The Morgan fingerprint density at radius 2 is 2.19 bits per heavy atom. The molecule has 0 spiro atoms. The monoisotopic (exact) mass is 289 g/mol. The fourth-order valence-electron chi connectivity index (χ4n) is 2.47. The summed E-state index contributed by atoms with van der Waals surface area (Å²) in [6, 6.07) is 3.38. The number of nitrogens with one attached hydrogen (secondary N) is 2. The largest absolute Gasteiger partial charge is 0.506 e. The molecular weight excluding hydrogens is 266 g/mol. The van der Waals surface area contributed by atoms with E-state index in [0.717, 1.165) is 35.7 Å². The van der Waals surface area contributed by atoms with Crippen LogP contribution in [0.4, 0.5) is 5.69 Å². The summed E-state index contributed by atoms with van der Waals surface area (Å²) in [4.78, 5) is 14.8. The van der Waals surface area contributed by atoms with E-state index in [-0.39, 0.29) is 11.7 Å². The van der Waals surface area contributed by atoms with Gasteiger partial charge in [-0.2, -0.15) is 0 Å². The summed E-state index contributed by atoms with van der Waals surface area (Å²) in [5.74, 6) is 0.186. The van der Waals surface area contributed by atoms with Gasteiger partial charge in [-0.1, -0.05) is 19.8 Å². The number of hydrogen-bond acceptors (Lipinski definition) is 3. The van der Waals surface area contributed by atoms with Crippen molar-refractivity contribution in [2.45, 2.75) is 39.0 Å². The Bertz CT molecular complexity index is 619. The third kappa shape index (κ3) is 3.68. The van der Waals surface area contributed by atoms with E-state index in [9.17, 15) is 9.90 Å². The molecule has 0 aliphatic carbocycles. The summed E-state index contributed by atoms with van der Waals surface area (Å²) in [6.07, 6.45) is 6.30. The lowest BCUT2D eigenvalue weighted by Gasteiger charge is -2.06. The summed E-state index contributed by atoms with van der Waals surface area (Å²) < 4.78 is 0. The first-order valence-electron chi connectivity index (χ1n) is 7.47. The average Bonchev–Trinajstić information content (AvgIpc) is 2.87. The quantitative estimate of drug-likeness (QED) is 0.359. The molecule has 5 heteroatoms. The summed E-state index contributed by atoms with van der Waals surface area (Å²) in [5, 5.41) is 13.5. The van der Waals surface area contributed by atoms with Crippen LogP contribution in [-0.4, -0.2) is 22.5 Å². The summed E-state index contributed by atoms with van der Waals surface area (Å²) >= 11 is 0. The average molecular weight is 289 g/mol. The minimum atomic E-state index is 0.0898. The smallest absolute Gasteiger partial charge is 0.220 e. The number of rotatable bonds is 7. The number of phenolic OH excluding ortho intramolecular Hbond substituents is 1. The molecule has 0 saturated carbocycles. The number of fused-ring (bicyclic) bond motifs is 1. The maximum Gasteiger partial charge on any atom is 0.220 e. The van der Waals surface area contributed by atoms with Crippen LogP contribution < -0.4 is 11.1 Å². The lowest BCUT2D eigenvalue weighted by Crippen LogP contribution is -2.25. The molecule has 0 aliphatic heterocycles. The van der Waals surface area contributed by atoms with Gasteiger partial charge in [-0.05, 0) is 30.5 Å². The van der Waals surface area contributed by atoms with Crippen molar-refractivity contribution in [1.82, 2.24) is 10.3 Å². The van der Waals surface area contributed by atoms with Crippen molar-refractivity contribution in [3.63, 3.8) is 0 Å². The predicted molar refractivity (Wildman–Crippen MR) is 85.2 cm³/mol. The van der Waals surface area contributed by atoms with Crippen LogP contribution in [-0.2, 0) is 11.2 Å². The van der Waals surface area contributed by atoms with Crippen LogP contribution in [0, 0.1) is 0 Å². The number of carbonyl (C=O) groups is 1. The van der Waals surface area contributed by atoms with E-state index in [0.29, 0.717) is 25.1 Å². The van der Waals surface area contributed by atoms with Gasteiger partial charge in [-0.15, -0.1) is 0 Å². The van der Waals surface area contributed by atoms with Gasteiger partial charge in [-0.25, -0.2) is 0 Å². The number of phenols is 1. The van der Waals surface area contributed by atoms with Crippen molar-refractivity contribution in [2.24, 2.45) is 0 Å². The fourth-order valence-corrected chi connectivity index (χ4v) is 2.47. The SMILES string of the molecule is CCCCCC(=O)NCCc1c[nH]c2ccc(O)c(N)c12. The van der Waals surface area contributed by atoms with Crippen molar-refractivity contribution < 1.29 is 9.90 Å². The molecule has 0 atom stereocenters. The van der Waals surface area contributed by atoms with Crippen molar-refractivity contribution in [3.05, 3.63) is 23.9 Å². The Labute approximate surface area is 124 Å². The molecule has 2 rings (SSSR count). The van der Waals surface area contributed by atoms with Gasteiger partial charge >= 0.3 is 0 Å². The van der Waals surface area contributed by atoms with E-state index >= 15 is 0 Å². The molecular formula is C16H23N3O2. The topological polar surface area (TPSA) is 91.1 Å². The predicted octanol–water partition coefficient (Wildman–Crippen LogP) is 2.69. The highest BCUT2D eigenvalue weighted by molar-refractivity contribution is 5.96. The minimum absolute atomic E-state index is 0.0898. The Hall–Kier alpha value is -2.17. The second-order valence-corrected chi connectivity index (χ2v) is 5.29. The summed E-state index contributed by atoms with van der Waals surface area (Å²) in [5.41, 5.74) is 8.21. The number of nitrogens with two attached hydrogens (primary N) is 1. The van der Waals surface area contributed by atoms with Crippen LogP contribution in [0.1, 0.15) is 38.2 Å². The third-order valence-electron chi connectivity index (χ3n) is 3.67. The standard InChI is InChI=1S/C16H23N3O2/c1-2-3-4-5-14(21)18-9-8-11-10-19-12-6-7-13(20)16(17)15(11)12/h6-7,10,19-20H,2-5,8-9,17H2,1H3,(H,18,21). The molecule has 0 aliphatic rings. The van der Waals surface area contributed by atoms with Crippen molar-refractivity contribution in [3.8, 4) is 5.75 Å². The number of aromatic nitrogens is 1. The second kappa shape index (κ2) is 7.02. The van der Waals surface area contributed by atoms with E-state index in [1.165, 1.54) is 0 Å². The van der Waals surface area contributed by atoms with Crippen LogP contribution in [0.5, 0.6) is 5.75 Å². The highest BCUT2D eigenvalue weighted by Gasteiger charge is 2.10. The first kappa shape index (κ1) is 15.2. The minimum Gasteiger partial charge on any atom is -0.506 e. The number of nitrogen functional groups attached to an aromatic ring is 1. The van der Waals surface area contributed by atoms with Gasteiger partial charge in [0, 0.05) is 30.1 Å². The zero-order valence-corrected chi connectivity index (χ0v) is 12.4. The van der Waals surface area contributed by atoms with Crippen molar-refractivity contribution in [1.29, 1.82) is 0 Å². The Balaban J connectivity index is 1.92. The first-order chi connectivity index (χ1) is 10.1. The number of unbranched alkanes of at least 4 members (excludes halogenated alkanes) is 2. The lowest BCUT2D eigenvalue weighted by molar-refractivity contribution is -0.121. The van der Waals surface area contributed by atoms with E-state index in [1.807, 2.05) is 6.20 Å². The number of aromatic hydroxyl groups is 1. The van der Waals surface area contributed by atoms with Gasteiger partial charge < -0.3 is 21.1 Å². The highest BCUT2D eigenvalue weighted by Crippen LogP contribution is 2.31. The lowest BCUT2D eigenvalue weighted by atomic mass is 10.1. The van der Waals surface area contributed by atoms with Gasteiger partial charge in [0.15, 0.2) is 0 Å². The number of amides is 1. The highest BCUT2D eigenvalue weighted by atomic mass is 16.3. The molecule has 114 valence electrons. The fraction of sp³-hybridized carbons (Fsp3) is 0.438.